The Morgan fingerprint density at radius 2 is 1.65 bits per heavy atom. The summed E-state index contributed by atoms with van der Waals surface area (Å²) in [5.41, 5.74) is 12.6. The minimum absolute atomic E-state index is 0.175. The normalized spacial score (nSPS) is 14.7. The Bertz CT molecular complexity index is 1220. The van der Waals surface area contributed by atoms with Gasteiger partial charge < -0.3 is 10.5 Å². The minimum atomic E-state index is 0.175. The first-order chi connectivity index (χ1) is 15.0. The summed E-state index contributed by atoms with van der Waals surface area (Å²) in [4.78, 5) is 0.977. The van der Waals surface area contributed by atoms with E-state index in [-0.39, 0.29) is 10.9 Å². The Labute approximate surface area is 187 Å². The number of hydrogen-bond acceptors (Lipinski definition) is 5. The molecule has 5 heteroatoms. The van der Waals surface area contributed by atoms with Crippen molar-refractivity contribution in [3.8, 4) is 29.0 Å². The molecule has 0 spiro atoms. The molecule has 0 radical (unpaired) electrons. The van der Waals surface area contributed by atoms with Crippen LogP contribution in [0.15, 0.2) is 53.4 Å². The fourth-order valence-corrected chi connectivity index (χ4v) is 5.55. The van der Waals surface area contributed by atoms with Gasteiger partial charge in [0.25, 0.3) is 0 Å². The van der Waals surface area contributed by atoms with Gasteiger partial charge in [0.15, 0.2) is 0 Å². The van der Waals surface area contributed by atoms with E-state index in [1.54, 1.807) is 18.9 Å². The van der Waals surface area contributed by atoms with Gasteiger partial charge in [-0.05, 0) is 46.7 Å². The van der Waals surface area contributed by atoms with Gasteiger partial charge >= 0.3 is 0 Å². The fraction of sp³-hybridized carbons (Fsp3) is 0.231. The van der Waals surface area contributed by atoms with Crippen LogP contribution in [0.4, 0.5) is 5.69 Å². The quantitative estimate of drug-likeness (QED) is 0.503. The lowest BCUT2D eigenvalue weighted by Gasteiger charge is -2.15. The van der Waals surface area contributed by atoms with Crippen LogP contribution in [-0.2, 0) is 6.42 Å². The molecule has 31 heavy (non-hydrogen) atoms. The highest BCUT2D eigenvalue weighted by atomic mass is 32.2. The van der Waals surface area contributed by atoms with Gasteiger partial charge in [-0.3, -0.25) is 0 Å². The summed E-state index contributed by atoms with van der Waals surface area (Å²) in [6.45, 7) is 4.36. The maximum absolute atomic E-state index is 9.90. The SMILES string of the molecule is COc1ccc(-c2c(C#N)c(N)c(C#N)c3c2SC(c2ccc(C(C)C)cc2)C3)cc1. The van der Waals surface area contributed by atoms with Crippen LogP contribution >= 0.6 is 11.8 Å². The van der Waals surface area contributed by atoms with Crippen molar-refractivity contribution in [3.63, 3.8) is 0 Å². The molecule has 0 saturated heterocycles. The highest BCUT2D eigenvalue weighted by Gasteiger charge is 2.33. The fourth-order valence-electron chi connectivity index (χ4n) is 4.05. The molecule has 1 unspecified atom stereocenters. The van der Waals surface area contributed by atoms with Crippen molar-refractivity contribution >= 4 is 17.4 Å². The van der Waals surface area contributed by atoms with Crippen molar-refractivity contribution < 1.29 is 4.74 Å². The summed E-state index contributed by atoms with van der Waals surface area (Å²) in [6.07, 6.45) is 0.711. The lowest BCUT2D eigenvalue weighted by molar-refractivity contribution is 0.415. The topological polar surface area (TPSA) is 82.8 Å². The number of fused-ring (bicyclic) bond motifs is 1. The van der Waals surface area contributed by atoms with E-state index in [4.69, 9.17) is 10.5 Å². The molecule has 0 aliphatic carbocycles. The van der Waals surface area contributed by atoms with Crippen molar-refractivity contribution in [2.75, 3.05) is 12.8 Å². The van der Waals surface area contributed by atoms with Gasteiger partial charge in [-0.2, -0.15) is 10.5 Å². The second kappa shape index (κ2) is 8.38. The number of nitriles is 2. The molecule has 3 aromatic rings. The average Bonchev–Trinajstić information content (AvgIpc) is 3.23. The Morgan fingerprint density at radius 1 is 1.00 bits per heavy atom. The first-order valence-corrected chi connectivity index (χ1v) is 11.1. The lowest BCUT2D eigenvalue weighted by atomic mass is 9.90. The second-order valence-corrected chi connectivity index (χ2v) is 9.14. The largest absolute Gasteiger partial charge is 0.497 e. The number of nitrogens with zero attached hydrogens (tertiary/aromatic N) is 2. The third kappa shape index (κ3) is 3.63. The van der Waals surface area contributed by atoms with Crippen LogP contribution < -0.4 is 10.5 Å². The molecule has 0 fully saturated rings. The Balaban J connectivity index is 1.85. The van der Waals surface area contributed by atoms with E-state index in [2.05, 4.69) is 50.3 Å². The molecular weight excluding hydrogens is 402 g/mol. The zero-order valence-electron chi connectivity index (χ0n) is 17.8. The molecule has 0 bridgehead atoms. The van der Waals surface area contributed by atoms with Gasteiger partial charge in [0, 0.05) is 15.7 Å². The number of nitrogen functional groups attached to an aromatic ring is 1. The first-order valence-electron chi connectivity index (χ1n) is 10.2. The van der Waals surface area contributed by atoms with Crippen LogP contribution in [0, 0.1) is 22.7 Å². The first kappa shape index (κ1) is 20.8. The van der Waals surface area contributed by atoms with Crippen LogP contribution in [0.3, 0.4) is 0 Å². The summed E-state index contributed by atoms with van der Waals surface area (Å²) in [5.74, 6) is 1.23. The van der Waals surface area contributed by atoms with E-state index < -0.39 is 0 Å². The number of benzene rings is 3. The van der Waals surface area contributed by atoms with Gasteiger partial charge in [0.1, 0.15) is 17.9 Å². The van der Waals surface area contributed by atoms with Crippen LogP contribution in [0.1, 0.15) is 52.8 Å². The van der Waals surface area contributed by atoms with E-state index in [0.29, 0.717) is 23.5 Å². The Hall–Kier alpha value is -3.41. The number of methoxy groups -OCH3 is 1. The monoisotopic (exact) mass is 425 g/mol. The van der Waals surface area contributed by atoms with Crippen molar-refractivity contribution in [1.82, 2.24) is 0 Å². The van der Waals surface area contributed by atoms with Crippen LogP contribution in [-0.4, -0.2) is 7.11 Å². The maximum atomic E-state index is 9.90. The molecule has 4 nitrogen and oxygen atoms in total. The van der Waals surface area contributed by atoms with Crippen molar-refractivity contribution in [3.05, 3.63) is 76.3 Å². The molecule has 1 aliphatic heterocycles. The third-order valence-corrected chi connectivity index (χ3v) is 7.23. The molecule has 2 N–H and O–H groups in total. The standard InChI is InChI=1S/C26H23N3OS/c1-15(2)16-4-6-17(7-5-16)23-12-20-21(13-27)25(29)22(14-28)24(26(20)31-23)18-8-10-19(30-3)11-9-18/h4-11,15,23H,12,29H2,1-3H3. The molecule has 1 aliphatic rings. The van der Waals surface area contributed by atoms with Gasteiger partial charge in [0.05, 0.1) is 23.9 Å². The zero-order chi connectivity index (χ0) is 22.1. The maximum Gasteiger partial charge on any atom is 0.118 e. The number of nitrogens with two attached hydrogens (primary N) is 1. The predicted octanol–water partition coefficient (Wildman–Crippen LogP) is 6.20. The molecular formula is C26H23N3OS. The predicted molar refractivity (Wildman–Crippen MR) is 125 cm³/mol. The number of hydrogen-bond donors (Lipinski definition) is 1. The van der Waals surface area contributed by atoms with Crippen LogP contribution in [0.5, 0.6) is 5.75 Å². The molecule has 0 amide bonds. The van der Waals surface area contributed by atoms with E-state index in [1.807, 2.05) is 24.3 Å². The highest BCUT2D eigenvalue weighted by Crippen LogP contribution is 2.54. The second-order valence-electron chi connectivity index (χ2n) is 7.93. The smallest absolute Gasteiger partial charge is 0.118 e. The summed E-state index contributed by atoms with van der Waals surface area (Å²) in [6, 6.07) is 20.8. The third-order valence-electron chi connectivity index (χ3n) is 5.82. The summed E-state index contributed by atoms with van der Waals surface area (Å²) in [5, 5.41) is 19.9. The number of anilines is 1. The minimum Gasteiger partial charge on any atom is -0.497 e. The van der Waals surface area contributed by atoms with E-state index in [9.17, 15) is 10.5 Å². The highest BCUT2D eigenvalue weighted by molar-refractivity contribution is 8.00. The Kier molecular flexibility index (Phi) is 5.63. The van der Waals surface area contributed by atoms with Gasteiger partial charge in [-0.15, -0.1) is 11.8 Å². The average molecular weight is 426 g/mol. The summed E-state index contributed by atoms with van der Waals surface area (Å²) < 4.78 is 5.28. The van der Waals surface area contributed by atoms with E-state index in [1.165, 1.54) is 11.1 Å². The van der Waals surface area contributed by atoms with Crippen molar-refractivity contribution in [1.29, 1.82) is 10.5 Å². The zero-order valence-corrected chi connectivity index (χ0v) is 18.6. The molecule has 1 heterocycles. The number of rotatable bonds is 4. The molecule has 4 rings (SSSR count). The van der Waals surface area contributed by atoms with E-state index in [0.717, 1.165) is 27.3 Å². The number of thioether (sulfide) groups is 1. The summed E-state index contributed by atoms with van der Waals surface area (Å²) in [7, 11) is 1.62. The van der Waals surface area contributed by atoms with Gasteiger partial charge in [0.2, 0.25) is 0 Å². The van der Waals surface area contributed by atoms with Crippen molar-refractivity contribution in [2.45, 2.75) is 36.3 Å². The molecule has 0 aromatic heterocycles. The van der Waals surface area contributed by atoms with Crippen molar-refractivity contribution in [2.24, 2.45) is 0 Å². The molecule has 3 aromatic carbocycles. The Morgan fingerprint density at radius 3 is 2.19 bits per heavy atom. The molecule has 154 valence electrons. The molecule has 0 saturated carbocycles. The van der Waals surface area contributed by atoms with E-state index >= 15 is 0 Å². The van der Waals surface area contributed by atoms with Crippen LogP contribution in [0.2, 0.25) is 0 Å². The van der Waals surface area contributed by atoms with Crippen LogP contribution in [0.25, 0.3) is 11.1 Å². The van der Waals surface area contributed by atoms with Gasteiger partial charge in [-0.25, -0.2) is 0 Å². The molecule has 1 atom stereocenters. The van der Waals surface area contributed by atoms with Gasteiger partial charge in [-0.1, -0.05) is 50.2 Å². The lowest BCUT2D eigenvalue weighted by Crippen LogP contribution is -2.03. The number of ether oxygens (including phenoxy) is 1. The summed E-state index contributed by atoms with van der Waals surface area (Å²) >= 11 is 1.71.